The van der Waals surface area contributed by atoms with Crippen LogP contribution in [0.4, 0.5) is 10.6 Å². The molecule has 0 radical (unpaired) electrons. The van der Waals surface area contributed by atoms with E-state index in [1.165, 1.54) is 6.20 Å². The molecule has 2 aliphatic rings. The Morgan fingerprint density at radius 1 is 1.67 bits per heavy atom. The first-order valence-electron chi connectivity index (χ1n) is 5.88. The lowest BCUT2D eigenvalue weighted by molar-refractivity contribution is 0.167. The van der Waals surface area contributed by atoms with Gasteiger partial charge >= 0.3 is 6.09 Å². The van der Waals surface area contributed by atoms with Crippen LogP contribution in [0.5, 0.6) is 0 Å². The number of nitrogens with one attached hydrogen (secondary N) is 2. The summed E-state index contributed by atoms with van der Waals surface area (Å²) in [6, 6.07) is 0. The van der Waals surface area contributed by atoms with E-state index in [-0.39, 0.29) is 17.9 Å². The van der Waals surface area contributed by atoms with Crippen LogP contribution < -0.4 is 4.90 Å². The number of anilines is 1. The van der Waals surface area contributed by atoms with E-state index in [9.17, 15) is 4.79 Å². The molecule has 0 atom stereocenters. The minimum Gasteiger partial charge on any atom is -0.465 e. The molecule has 0 aromatic carbocycles. The molecule has 1 saturated carbocycles. The molecule has 2 heterocycles. The summed E-state index contributed by atoms with van der Waals surface area (Å²) in [4.78, 5) is 14.2. The van der Waals surface area contributed by atoms with Gasteiger partial charge in [0.15, 0.2) is 0 Å². The lowest BCUT2D eigenvalue weighted by Crippen LogP contribution is -2.50. The van der Waals surface area contributed by atoms with Gasteiger partial charge in [-0.15, -0.1) is 0 Å². The molecule has 1 aliphatic carbocycles. The number of amides is 1. The highest BCUT2D eigenvalue weighted by atomic mass is 16.4. The Balaban J connectivity index is 1.93. The summed E-state index contributed by atoms with van der Waals surface area (Å²) in [5.41, 5.74) is 0.819. The molecule has 7 heteroatoms. The number of rotatable bonds is 2. The van der Waals surface area contributed by atoms with Gasteiger partial charge in [-0.3, -0.25) is 10.5 Å². The van der Waals surface area contributed by atoms with Crippen molar-refractivity contribution in [3.05, 3.63) is 11.8 Å². The first kappa shape index (κ1) is 11.1. The van der Waals surface area contributed by atoms with Gasteiger partial charge in [-0.25, -0.2) is 9.69 Å². The van der Waals surface area contributed by atoms with Gasteiger partial charge in [0.25, 0.3) is 0 Å². The van der Waals surface area contributed by atoms with E-state index in [1.807, 2.05) is 4.90 Å². The molecular formula is C11H15N5O2. The molecule has 0 saturated heterocycles. The van der Waals surface area contributed by atoms with Crippen molar-refractivity contribution in [1.82, 2.24) is 15.1 Å². The molecule has 0 unspecified atom stereocenters. The molecule has 1 amide bonds. The number of carboxylic acid groups (broad SMARTS) is 1. The third-order valence-electron chi connectivity index (χ3n) is 3.68. The number of carbonyl (C=O) groups is 1. The zero-order valence-corrected chi connectivity index (χ0v) is 10.1. The van der Waals surface area contributed by atoms with Gasteiger partial charge in [-0.05, 0) is 18.3 Å². The second-order valence-electron chi connectivity index (χ2n) is 5.34. The molecular weight excluding hydrogens is 234 g/mol. The molecule has 1 aliphatic heterocycles. The van der Waals surface area contributed by atoms with Crippen LogP contribution in [0.2, 0.25) is 0 Å². The Labute approximate surface area is 104 Å². The van der Waals surface area contributed by atoms with Crippen LogP contribution in [0.15, 0.2) is 6.20 Å². The van der Waals surface area contributed by atoms with Crippen molar-refractivity contribution in [3.8, 4) is 0 Å². The summed E-state index contributed by atoms with van der Waals surface area (Å²) >= 11 is 0. The highest BCUT2D eigenvalue weighted by Gasteiger charge is 2.42. The standard InChI is InChI=1S/C11H15N5O2/c1-11(2-3-11)5-15-6-16(10(17)18)8(12)7-4-13-14-9(7)15/h4,12H,2-3,5-6H2,1H3,(H,13,14)(H,17,18). The normalized spacial score (nSPS) is 20.8. The Morgan fingerprint density at radius 2 is 2.39 bits per heavy atom. The molecule has 18 heavy (non-hydrogen) atoms. The minimum absolute atomic E-state index is 0.0107. The minimum atomic E-state index is -1.10. The fourth-order valence-corrected chi connectivity index (χ4v) is 2.27. The van der Waals surface area contributed by atoms with E-state index in [0.29, 0.717) is 5.56 Å². The third kappa shape index (κ3) is 1.62. The maximum Gasteiger partial charge on any atom is 0.414 e. The first-order valence-corrected chi connectivity index (χ1v) is 5.88. The number of hydrogen-bond acceptors (Lipinski definition) is 4. The van der Waals surface area contributed by atoms with Crippen LogP contribution >= 0.6 is 0 Å². The number of hydrogen-bond donors (Lipinski definition) is 3. The highest BCUT2D eigenvalue weighted by Crippen LogP contribution is 2.46. The zero-order valence-electron chi connectivity index (χ0n) is 10.1. The van der Waals surface area contributed by atoms with Gasteiger partial charge in [-0.1, -0.05) is 6.92 Å². The fraction of sp³-hybridized carbons (Fsp3) is 0.545. The monoisotopic (exact) mass is 249 g/mol. The molecule has 1 aromatic heterocycles. The zero-order chi connectivity index (χ0) is 12.9. The maximum atomic E-state index is 11.2. The Hall–Kier alpha value is -2.05. The number of aromatic amines is 1. The summed E-state index contributed by atoms with van der Waals surface area (Å²) in [5.74, 6) is 0.745. The summed E-state index contributed by atoms with van der Waals surface area (Å²) in [7, 11) is 0. The number of nitrogens with zero attached hydrogens (tertiary/aromatic N) is 3. The van der Waals surface area contributed by atoms with Gasteiger partial charge in [0.2, 0.25) is 0 Å². The lowest BCUT2D eigenvalue weighted by atomic mass is 10.1. The van der Waals surface area contributed by atoms with Crippen molar-refractivity contribution in [1.29, 1.82) is 5.41 Å². The van der Waals surface area contributed by atoms with E-state index in [2.05, 4.69) is 17.1 Å². The van der Waals surface area contributed by atoms with E-state index in [1.54, 1.807) is 0 Å². The Morgan fingerprint density at radius 3 is 3.00 bits per heavy atom. The van der Waals surface area contributed by atoms with Crippen LogP contribution in [-0.4, -0.2) is 45.3 Å². The summed E-state index contributed by atoms with van der Waals surface area (Å²) in [6.07, 6.45) is 2.74. The molecule has 96 valence electrons. The molecule has 0 bridgehead atoms. The third-order valence-corrected chi connectivity index (χ3v) is 3.68. The number of amidine groups is 1. The van der Waals surface area contributed by atoms with Crippen LogP contribution in [0.3, 0.4) is 0 Å². The van der Waals surface area contributed by atoms with E-state index in [0.717, 1.165) is 30.1 Å². The van der Waals surface area contributed by atoms with Crippen molar-refractivity contribution in [2.75, 3.05) is 18.1 Å². The summed E-state index contributed by atoms with van der Waals surface area (Å²) < 4.78 is 0. The SMILES string of the molecule is CC1(CN2CN(C(=O)O)C(=N)c3cn[nH]c32)CC1. The van der Waals surface area contributed by atoms with Crippen LogP contribution in [0.1, 0.15) is 25.3 Å². The fourth-order valence-electron chi connectivity index (χ4n) is 2.27. The van der Waals surface area contributed by atoms with E-state index >= 15 is 0 Å². The van der Waals surface area contributed by atoms with Crippen LogP contribution in [0, 0.1) is 10.8 Å². The number of H-pyrrole nitrogens is 1. The lowest BCUT2D eigenvalue weighted by Gasteiger charge is -2.36. The van der Waals surface area contributed by atoms with Crippen LogP contribution in [0.25, 0.3) is 0 Å². The molecule has 7 nitrogen and oxygen atoms in total. The average molecular weight is 249 g/mol. The highest BCUT2D eigenvalue weighted by molar-refractivity contribution is 6.08. The molecule has 3 rings (SSSR count). The van der Waals surface area contributed by atoms with Gasteiger partial charge < -0.3 is 10.0 Å². The van der Waals surface area contributed by atoms with Crippen molar-refractivity contribution in [2.45, 2.75) is 19.8 Å². The van der Waals surface area contributed by atoms with E-state index in [4.69, 9.17) is 10.5 Å². The van der Waals surface area contributed by atoms with Crippen molar-refractivity contribution >= 4 is 17.7 Å². The van der Waals surface area contributed by atoms with Gasteiger partial charge in [-0.2, -0.15) is 5.10 Å². The molecule has 3 N–H and O–H groups in total. The van der Waals surface area contributed by atoms with Gasteiger partial charge in [0.05, 0.1) is 11.8 Å². The Bertz CT molecular complexity index is 519. The summed E-state index contributed by atoms with van der Waals surface area (Å²) in [5, 5.41) is 23.8. The molecule has 0 spiro atoms. The predicted octanol–water partition coefficient (Wildman–Crippen LogP) is 1.29. The largest absolute Gasteiger partial charge is 0.465 e. The first-order chi connectivity index (χ1) is 8.50. The average Bonchev–Trinajstić information content (AvgIpc) is 2.85. The second-order valence-corrected chi connectivity index (χ2v) is 5.34. The molecule has 1 aromatic rings. The van der Waals surface area contributed by atoms with Gasteiger partial charge in [0.1, 0.15) is 18.3 Å². The van der Waals surface area contributed by atoms with Crippen molar-refractivity contribution in [3.63, 3.8) is 0 Å². The van der Waals surface area contributed by atoms with Crippen molar-refractivity contribution < 1.29 is 9.90 Å². The number of aromatic nitrogens is 2. The maximum absolute atomic E-state index is 11.2. The molecule has 1 fully saturated rings. The smallest absolute Gasteiger partial charge is 0.414 e. The topological polar surface area (TPSA) is 96.3 Å². The van der Waals surface area contributed by atoms with E-state index < -0.39 is 6.09 Å². The Kier molecular flexibility index (Phi) is 2.13. The quantitative estimate of drug-likeness (QED) is 0.735. The predicted molar refractivity (Wildman–Crippen MR) is 64.8 cm³/mol. The van der Waals surface area contributed by atoms with Gasteiger partial charge in [0, 0.05) is 6.54 Å². The number of fused-ring (bicyclic) bond motifs is 1. The summed E-state index contributed by atoms with van der Waals surface area (Å²) in [6.45, 7) is 3.17. The van der Waals surface area contributed by atoms with Crippen molar-refractivity contribution in [2.24, 2.45) is 5.41 Å². The van der Waals surface area contributed by atoms with Crippen LogP contribution in [-0.2, 0) is 0 Å². The second kappa shape index (κ2) is 3.47.